The molecule has 1 aromatic heterocycles. The van der Waals surface area contributed by atoms with Crippen LogP contribution in [-0.2, 0) is 0 Å². The summed E-state index contributed by atoms with van der Waals surface area (Å²) in [7, 11) is 1.76. The van der Waals surface area contributed by atoms with E-state index in [0.29, 0.717) is 17.9 Å². The van der Waals surface area contributed by atoms with E-state index in [1.165, 1.54) is 37.8 Å². The van der Waals surface area contributed by atoms with Crippen molar-refractivity contribution < 1.29 is 4.74 Å². The number of ether oxygens (including phenoxy) is 1. The number of nitrogens with one attached hydrogen (secondary N) is 1. The van der Waals surface area contributed by atoms with Crippen LogP contribution in [0.2, 0.25) is 0 Å². The van der Waals surface area contributed by atoms with E-state index in [1.54, 1.807) is 7.11 Å². The van der Waals surface area contributed by atoms with Crippen molar-refractivity contribution in [2.75, 3.05) is 20.2 Å². The zero-order chi connectivity index (χ0) is 15.2. The Morgan fingerprint density at radius 1 is 1.38 bits per heavy atom. The fourth-order valence-corrected chi connectivity index (χ4v) is 3.55. The molecule has 0 aromatic carbocycles. The van der Waals surface area contributed by atoms with Crippen molar-refractivity contribution in [1.82, 2.24) is 15.1 Å². The number of hydrogen-bond donors (Lipinski definition) is 1. The van der Waals surface area contributed by atoms with Gasteiger partial charge in [0, 0.05) is 12.0 Å². The minimum atomic E-state index is 0.384. The molecule has 1 aliphatic carbocycles. The van der Waals surface area contributed by atoms with Crippen molar-refractivity contribution in [3.63, 3.8) is 0 Å². The predicted molar refractivity (Wildman–Crippen MR) is 87.0 cm³/mol. The van der Waals surface area contributed by atoms with E-state index in [4.69, 9.17) is 4.74 Å². The van der Waals surface area contributed by atoms with E-state index in [-0.39, 0.29) is 0 Å². The molecule has 0 amide bonds. The first kappa shape index (κ1) is 16.3. The van der Waals surface area contributed by atoms with Gasteiger partial charge in [0.05, 0.1) is 19.0 Å². The van der Waals surface area contributed by atoms with Gasteiger partial charge in [0.1, 0.15) is 0 Å². The summed E-state index contributed by atoms with van der Waals surface area (Å²) in [5.74, 6) is 2.24. The fraction of sp³-hybridized carbons (Fsp3) is 0.824. The summed E-state index contributed by atoms with van der Waals surface area (Å²) in [5.41, 5.74) is 1.32. The van der Waals surface area contributed by atoms with Crippen LogP contribution in [0.1, 0.15) is 70.5 Å². The van der Waals surface area contributed by atoms with Crippen LogP contribution in [0.4, 0.5) is 0 Å². The maximum Gasteiger partial charge on any atom is 0.160 e. The van der Waals surface area contributed by atoms with Gasteiger partial charge in [0.2, 0.25) is 0 Å². The van der Waals surface area contributed by atoms with Crippen molar-refractivity contribution >= 4 is 0 Å². The quantitative estimate of drug-likeness (QED) is 0.778. The summed E-state index contributed by atoms with van der Waals surface area (Å²) in [6.45, 7) is 8.85. The zero-order valence-electron chi connectivity index (χ0n) is 14.1. The maximum atomic E-state index is 5.60. The van der Waals surface area contributed by atoms with Crippen molar-refractivity contribution in [3.05, 3.63) is 11.9 Å². The lowest BCUT2D eigenvalue weighted by Crippen LogP contribution is -2.31. The Morgan fingerprint density at radius 2 is 2.14 bits per heavy atom. The largest absolute Gasteiger partial charge is 0.493 e. The normalized spacial score (nSPS) is 22.7. The molecule has 1 saturated carbocycles. The summed E-state index contributed by atoms with van der Waals surface area (Å²) < 4.78 is 7.77. The van der Waals surface area contributed by atoms with Crippen LogP contribution in [0.25, 0.3) is 0 Å². The SMILES string of the molecule is CCCNCC1CCCCC1c1c(OC)cnn1C(C)C. The molecule has 1 aliphatic rings. The first-order chi connectivity index (χ1) is 10.2. The number of hydrogen-bond acceptors (Lipinski definition) is 3. The van der Waals surface area contributed by atoms with E-state index in [2.05, 4.69) is 35.9 Å². The minimum absolute atomic E-state index is 0.384. The molecule has 2 atom stereocenters. The second-order valence-corrected chi connectivity index (χ2v) is 6.49. The van der Waals surface area contributed by atoms with Crippen molar-refractivity contribution in [2.24, 2.45) is 5.92 Å². The Morgan fingerprint density at radius 3 is 2.81 bits per heavy atom. The molecule has 4 heteroatoms. The van der Waals surface area contributed by atoms with Gasteiger partial charge in [0.15, 0.2) is 5.75 Å². The standard InChI is InChI=1S/C17H31N3O/c1-5-10-18-11-14-8-6-7-9-15(14)17-16(21-4)12-19-20(17)13(2)3/h12-15,18H,5-11H2,1-4H3. The van der Waals surface area contributed by atoms with Gasteiger partial charge in [-0.05, 0) is 52.1 Å². The summed E-state index contributed by atoms with van der Waals surface area (Å²) in [6, 6.07) is 0.384. The molecule has 0 spiro atoms. The second-order valence-electron chi connectivity index (χ2n) is 6.49. The lowest BCUT2D eigenvalue weighted by Gasteiger charge is -2.33. The van der Waals surface area contributed by atoms with Gasteiger partial charge in [0.25, 0.3) is 0 Å². The molecule has 0 aliphatic heterocycles. The average Bonchev–Trinajstić information content (AvgIpc) is 2.92. The van der Waals surface area contributed by atoms with Crippen LogP contribution in [0.5, 0.6) is 5.75 Å². The van der Waals surface area contributed by atoms with E-state index in [9.17, 15) is 0 Å². The molecule has 4 nitrogen and oxygen atoms in total. The van der Waals surface area contributed by atoms with E-state index < -0.39 is 0 Å². The first-order valence-corrected chi connectivity index (χ1v) is 8.51. The molecule has 1 fully saturated rings. The third kappa shape index (κ3) is 3.79. The highest BCUT2D eigenvalue weighted by molar-refractivity contribution is 5.30. The molecule has 1 aromatic rings. The minimum Gasteiger partial charge on any atom is -0.493 e. The average molecular weight is 293 g/mol. The molecule has 1 heterocycles. The summed E-state index contributed by atoms with van der Waals surface area (Å²) >= 11 is 0. The monoisotopic (exact) mass is 293 g/mol. The topological polar surface area (TPSA) is 39.1 Å². The third-order valence-corrected chi connectivity index (χ3v) is 4.60. The molecular formula is C17H31N3O. The van der Waals surface area contributed by atoms with Crippen molar-refractivity contribution in [2.45, 2.75) is 64.8 Å². The van der Waals surface area contributed by atoms with Gasteiger partial charge in [-0.25, -0.2) is 0 Å². The fourth-order valence-electron chi connectivity index (χ4n) is 3.55. The van der Waals surface area contributed by atoms with Crippen LogP contribution in [0.15, 0.2) is 6.20 Å². The van der Waals surface area contributed by atoms with E-state index >= 15 is 0 Å². The lowest BCUT2D eigenvalue weighted by atomic mass is 9.77. The number of rotatable bonds is 7. The molecular weight excluding hydrogens is 262 g/mol. The highest BCUT2D eigenvalue weighted by Gasteiger charge is 2.32. The molecule has 1 N–H and O–H groups in total. The first-order valence-electron chi connectivity index (χ1n) is 8.51. The molecule has 0 bridgehead atoms. The molecule has 21 heavy (non-hydrogen) atoms. The van der Waals surface area contributed by atoms with Gasteiger partial charge >= 0.3 is 0 Å². The van der Waals surface area contributed by atoms with Gasteiger partial charge in [-0.3, -0.25) is 4.68 Å². The van der Waals surface area contributed by atoms with E-state index in [1.807, 2.05) is 6.20 Å². The van der Waals surface area contributed by atoms with Crippen LogP contribution in [0, 0.1) is 5.92 Å². The maximum absolute atomic E-state index is 5.60. The van der Waals surface area contributed by atoms with Crippen molar-refractivity contribution in [3.8, 4) is 5.75 Å². The Kier molecular flexibility index (Phi) is 6.09. The highest BCUT2D eigenvalue weighted by Crippen LogP contribution is 2.41. The summed E-state index contributed by atoms with van der Waals surface area (Å²) in [6.07, 6.45) is 8.33. The van der Waals surface area contributed by atoms with Gasteiger partial charge in [-0.2, -0.15) is 5.10 Å². The van der Waals surface area contributed by atoms with Crippen molar-refractivity contribution in [1.29, 1.82) is 0 Å². The zero-order valence-corrected chi connectivity index (χ0v) is 14.1. The number of nitrogens with zero attached hydrogens (tertiary/aromatic N) is 2. The Bertz CT molecular complexity index is 428. The van der Waals surface area contributed by atoms with Gasteiger partial charge < -0.3 is 10.1 Å². The smallest absolute Gasteiger partial charge is 0.160 e. The lowest BCUT2D eigenvalue weighted by molar-refractivity contribution is 0.272. The van der Waals surface area contributed by atoms with Gasteiger partial charge in [-0.1, -0.05) is 19.8 Å². The molecule has 2 unspecified atom stereocenters. The summed E-state index contributed by atoms with van der Waals surface area (Å²) in [4.78, 5) is 0. The molecule has 120 valence electrons. The predicted octanol–water partition coefficient (Wildman–Crippen LogP) is 3.75. The van der Waals surface area contributed by atoms with Crippen LogP contribution >= 0.6 is 0 Å². The number of aromatic nitrogens is 2. The van der Waals surface area contributed by atoms with Crippen LogP contribution < -0.4 is 10.1 Å². The molecule has 0 radical (unpaired) electrons. The van der Waals surface area contributed by atoms with Gasteiger partial charge in [-0.15, -0.1) is 0 Å². The van der Waals surface area contributed by atoms with Crippen LogP contribution in [0.3, 0.4) is 0 Å². The molecule has 2 rings (SSSR count). The third-order valence-electron chi connectivity index (χ3n) is 4.60. The molecule has 0 saturated heterocycles. The Labute approximate surface area is 129 Å². The second kappa shape index (κ2) is 7.83. The van der Waals surface area contributed by atoms with Crippen LogP contribution in [-0.4, -0.2) is 30.0 Å². The number of methoxy groups -OCH3 is 1. The highest BCUT2D eigenvalue weighted by atomic mass is 16.5. The Hall–Kier alpha value is -1.03. The summed E-state index contributed by atoms with van der Waals surface area (Å²) in [5, 5.41) is 8.18. The van der Waals surface area contributed by atoms with E-state index in [0.717, 1.165) is 18.8 Å². The Balaban J connectivity index is 2.21.